The summed E-state index contributed by atoms with van der Waals surface area (Å²) in [5.41, 5.74) is 1.68. The summed E-state index contributed by atoms with van der Waals surface area (Å²) in [5, 5.41) is 18.9. The van der Waals surface area contributed by atoms with Crippen molar-refractivity contribution in [2.45, 2.75) is 31.2 Å². The van der Waals surface area contributed by atoms with Crippen molar-refractivity contribution in [3.05, 3.63) is 71.8 Å². The molecule has 2 rings (SSSR count). The molecular weight excluding hydrogens is 294 g/mol. The van der Waals surface area contributed by atoms with Crippen LogP contribution in [0.25, 0.3) is 0 Å². The highest BCUT2D eigenvalue weighted by molar-refractivity contribution is 5.32. The lowest BCUT2D eigenvalue weighted by molar-refractivity contribution is 0.289. The van der Waals surface area contributed by atoms with E-state index in [4.69, 9.17) is 5.26 Å². The van der Waals surface area contributed by atoms with E-state index < -0.39 is 5.41 Å². The van der Waals surface area contributed by atoms with Gasteiger partial charge in [0.1, 0.15) is 0 Å². The maximum absolute atomic E-state index is 9.88. The quantitative estimate of drug-likeness (QED) is 0.730. The lowest BCUT2D eigenvalue weighted by atomic mass is 9.75. The highest BCUT2D eigenvalue weighted by Crippen LogP contribution is 2.32. The van der Waals surface area contributed by atoms with E-state index in [1.807, 2.05) is 48.5 Å². The maximum atomic E-state index is 9.88. The lowest BCUT2D eigenvalue weighted by Gasteiger charge is -2.29. The van der Waals surface area contributed by atoms with Crippen molar-refractivity contribution in [3.8, 4) is 12.1 Å². The van der Waals surface area contributed by atoms with E-state index in [2.05, 4.69) is 36.2 Å². The zero-order valence-corrected chi connectivity index (χ0v) is 14.2. The molecule has 2 aromatic rings. The fourth-order valence-corrected chi connectivity index (χ4v) is 2.97. The molecular formula is C21H23N3. The first-order valence-electron chi connectivity index (χ1n) is 8.26. The van der Waals surface area contributed by atoms with Gasteiger partial charge in [0.05, 0.1) is 17.6 Å². The second-order valence-electron chi connectivity index (χ2n) is 6.19. The van der Waals surface area contributed by atoms with Crippen LogP contribution in [0.3, 0.4) is 0 Å². The molecule has 122 valence electrons. The normalized spacial score (nSPS) is 13.0. The second-order valence-corrected chi connectivity index (χ2v) is 6.19. The van der Waals surface area contributed by atoms with Gasteiger partial charge in [0.15, 0.2) is 0 Å². The van der Waals surface area contributed by atoms with Gasteiger partial charge in [0.25, 0.3) is 0 Å². The van der Waals surface area contributed by atoms with Crippen molar-refractivity contribution >= 4 is 0 Å². The average Bonchev–Trinajstić information content (AvgIpc) is 2.64. The molecule has 0 aliphatic rings. The van der Waals surface area contributed by atoms with Gasteiger partial charge < -0.3 is 4.90 Å². The minimum Gasteiger partial charge on any atom is -0.302 e. The predicted octanol–water partition coefficient (Wildman–Crippen LogP) is 4.27. The number of nitrogens with zero attached hydrogens (tertiary/aromatic N) is 3. The van der Waals surface area contributed by atoms with E-state index in [-0.39, 0.29) is 0 Å². The van der Waals surface area contributed by atoms with Crippen LogP contribution in [0.1, 0.15) is 30.4 Å². The van der Waals surface area contributed by atoms with Gasteiger partial charge in [0, 0.05) is 19.5 Å². The van der Waals surface area contributed by atoms with Crippen LogP contribution < -0.4 is 0 Å². The highest BCUT2D eigenvalue weighted by Gasteiger charge is 2.31. The Balaban J connectivity index is 2.08. The Morgan fingerprint density at radius 1 is 0.917 bits per heavy atom. The molecule has 0 spiro atoms. The van der Waals surface area contributed by atoms with Gasteiger partial charge in [-0.05, 0) is 31.0 Å². The molecule has 1 atom stereocenters. The smallest absolute Gasteiger partial charge is 0.0844 e. The van der Waals surface area contributed by atoms with Gasteiger partial charge in [-0.1, -0.05) is 60.7 Å². The first kappa shape index (κ1) is 17.7. The van der Waals surface area contributed by atoms with Crippen LogP contribution in [0.15, 0.2) is 60.7 Å². The Labute approximate surface area is 144 Å². The predicted molar refractivity (Wildman–Crippen MR) is 96.0 cm³/mol. The van der Waals surface area contributed by atoms with E-state index in [9.17, 15) is 5.26 Å². The molecule has 3 nitrogen and oxygen atoms in total. The first-order chi connectivity index (χ1) is 11.7. The van der Waals surface area contributed by atoms with Gasteiger partial charge in [-0.2, -0.15) is 10.5 Å². The average molecular weight is 317 g/mol. The summed E-state index contributed by atoms with van der Waals surface area (Å²) in [6.45, 7) is 1.66. The Bertz CT molecular complexity index is 697. The Hall–Kier alpha value is -2.62. The number of hydrogen-bond acceptors (Lipinski definition) is 3. The van der Waals surface area contributed by atoms with Crippen LogP contribution in [0.5, 0.6) is 0 Å². The molecule has 3 heteroatoms. The Morgan fingerprint density at radius 2 is 1.54 bits per heavy atom. The van der Waals surface area contributed by atoms with Crippen LogP contribution in [-0.2, 0) is 12.0 Å². The number of benzene rings is 2. The summed E-state index contributed by atoms with van der Waals surface area (Å²) in [5.74, 6) is 0. The van der Waals surface area contributed by atoms with Gasteiger partial charge in [-0.15, -0.1) is 0 Å². The Kier molecular flexibility index (Phi) is 6.55. The molecule has 0 radical (unpaired) electrons. The molecule has 0 saturated heterocycles. The van der Waals surface area contributed by atoms with Crippen molar-refractivity contribution in [2.75, 3.05) is 13.6 Å². The molecule has 0 N–H and O–H groups in total. The van der Waals surface area contributed by atoms with Crippen LogP contribution in [0, 0.1) is 22.7 Å². The van der Waals surface area contributed by atoms with Crippen LogP contribution in [0.4, 0.5) is 0 Å². The summed E-state index contributed by atoms with van der Waals surface area (Å²) >= 11 is 0. The van der Waals surface area contributed by atoms with Crippen LogP contribution in [0.2, 0.25) is 0 Å². The minimum absolute atomic E-state index is 0.394. The molecule has 0 saturated carbocycles. The summed E-state index contributed by atoms with van der Waals surface area (Å²) in [4.78, 5) is 2.23. The van der Waals surface area contributed by atoms with E-state index >= 15 is 0 Å². The topological polar surface area (TPSA) is 50.8 Å². The van der Waals surface area contributed by atoms with Crippen LogP contribution in [-0.4, -0.2) is 18.5 Å². The van der Waals surface area contributed by atoms with Crippen molar-refractivity contribution < 1.29 is 0 Å². The third-order valence-corrected chi connectivity index (χ3v) is 4.42. The van der Waals surface area contributed by atoms with Gasteiger partial charge in [0.2, 0.25) is 0 Å². The van der Waals surface area contributed by atoms with E-state index in [1.165, 1.54) is 5.56 Å². The van der Waals surface area contributed by atoms with Crippen molar-refractivity contribution in [2.24, 2.45) is 0 Å². The molecule has 0 heterocycles. The lowest BCUT2D eigenvalue weighted by Crippen LogP contribution is -2.30. The molecule has 2 aromatic carbocycles. The van der Waals surface area contributed by atoms with Gasteiger partial charge >= 0.3 is 0 Å². The number of rotatable bonds is 8. The maximum Gasteiger partial charge on any atom is 0.0844 e. The largest absolute Gasteiger partial charge is 0.302 e. The summed E-state index contributed by atoms with van der Waals surface area (Å²) in [6, 6.07) is 24.9. The summed E-state index contributed by atoms with van der Waals surface area (Å²) in [7, 11) is 2.07. The van der Waals surface area contributed by atoms with E-state index in [1.54, 1.807) is 0 Å². The third-order valence-electron chi connectivity index (χ3n) is 4.42. The molecule has 0 bridgehead atoms. The fourth-order valence-electron chi connectivity index (χ4n) is 2.97. The van der Waals surface area contributed by atoms with Gasteiger partial charge in [-0.25, -0.2) is 0 Å². The zero-order chi connectivity index (χ0) is 17.3. The molecule has 24 heavy (non-hydrogen) atoms. The first-order valence-corrected chi connectivity index (χ1v) is 8.26. The molecule has 0 aliphatic carbocycles. The van der Waals surface area contributed by atoms with E-state index in [0.717, 1.165) is 25.1 Å². The van der Waals surface area contributed by atoms with Crippen molar-refractivity contribution in [1.29, 1.82) is 10.5 Å². The molecule has 0 aromatic heterocycles. The number of hydrogen-bond donors (Lipinski definition) is 0. The standard InChI is InChI=1S/C21H23N3/c1-24(17-19-9-4-2-5-10-19)16-14-21(18-23,13-8-15-22)20-11-6-3-7-12-20/h2-7,9-12H,8,13-14,16-17H2,1H3/t21-/m1/s1. The minimum atomic E-state index is -0.595. The molecule has 0 unspecified atom stereocenters. The molecule has 0 fully saturated rings. The molecule has 0 aliphatic heterocycles. The zero-order valence-electron chi connectivity index (χ0n) is 14.2. The fraction of sp³-hybridized carbons (Fsp3) is 0.333. The highest BCUT2D eigenvalue weighted by atomic mass is 15.1. The second kappa shape index (κ2) is 8.87. The van der Waals surface area contributed by atoms with Crippen LogP contribution >= 0.6 is 0 Å². The molecule has 0 amide bonds. The van der Waals surface area contributed by atoms with Crippen molar-refractivity contribution in [3.63, 3.8) is 0 Å². The summed E-state index contributed by atoms with van der Waals surface area (Å²) in [6.07, 6.45) is 1.69. The number of nitriles is 2. The SMILES string of the molecule is CN(CC[C@@](C#N)(CCC#N)c1ccccc1)Cc1ccccc1. The summed E-state index contributed by atoms with van der Waals surface area (Å²) < 4.78 is 0. The Morgan fingerprint density at radius 3 is 2.12 bits per heavy atom. The monoisotopic (exact) mass is 317 g/mol. The van der Waals surface area contributed by atoms with Gasteiger partial charge in [-0.3, -0.25) is 0 Å². The van der Waals surface area contributed by atoms with E-state index in [0.29, 0.717) is 12.8 Å². The third kappa shape index (κ3) is 4.69. The van der Waals surface area contributed by atoms with Crippen molar-refractivity contribution in [1.82, 2.24) is 4.90 Å².